The van der Waals surface area contributed by atoms with Crippen LogP contribution in [0.4, 0.5) is 17.1 Å². The second kappa shape index (κ2) is 8.16. The maximum Gasteiger partial charge on any atom is 0.243 e. The number of fused-ring (bicyclic) bond motifs is 1. The first-order chi connectivity index (χ1) is 12.6. The van der Waals surface area contributed by atoms with Crippen LogP contribution in [0.15, 0.2) is 66.7 Å². The fraction of sp³-hybridized carbons (Fsp3) is 0.143. The van der Waals surface area contributed by atoms with Crippen molar-refractivity contribution < 1.29 is 9.59 Å². The molecule has 3 N–H and O–H groups in total. The highest BCUT2D eigenvalue weighted by Gasteiger charge is 2.04. The topological polar surface area (TPSA) is 70.2 Å². The third-order valence-electron chi connectivity index (χ3n) is 3.98. The van der Waals surface area contributed by atoms with Crippen molar-refractivity contribution in [1.82, 2.24) is 0 Å². The Bertz CT molecular complexity index is 920. The first kappa shape index (κ1) is 17.5. The quantitative estimate of drug-likeness (QED) is 0.625. The van der Waals surface area contributed by atoms with Gasteiger partial charge in [0.05, 0.1) is 6.54 Å². The molecule has 3 aromatic rings. The average Bonchev–Trinajstić information content (AvgIpc) is 2.67. The van der Waals surface area contributed by atoms with Gasteiger partial charge in [-0.25, -0.2) is 0 Å². The lowest BCUT2D eigenvalue weighted by Crippen LogP contribution is -2.21. The van der Waals surface area contributed by atoms with Crippen LogP contribution < -0.4 is 16.0 Å². The van der Waals surface area contributed by atoms with Crippen LogP contribution in [0.1, 0.15) is 13.3 Å². The summed E-state index contributed by atoms with van der Waals surface area (Å²) in [7, 11) is 0. The van der Waals surface area contributed by atoms with Gasteiger partial charge in [-0.3, -0.25) is 9.59 Å². The van der Waals surface area contributed by atoms with Crippen LogP contribution in [0.25, 0.3) is 10.8 Å². The normalized spacial score (nSPS) is 10.3. The molecule has 3 aromatic carbocycles. The van der Waals surface area contributed by atoms with E-state index in [4.69, 9.17) is 0 Å². The summed E-state index contributed by atoms with van der Waals surface area (Å²) in [5.74, 6) is -0.149. The SMILES string of the molecule is CCC(=O)Nc1ccc(NCC(=O)Nc2ccc3ccccc3c2)cc1. The summed E-state index contributed by atoms with van der Waals surface area (Å²) in [6.45, 7) is 1.97. The van der Waals surface area contributed by atoms with Gasteiger partial charge in [0.1, 0.15) is 0 Å². The van der Waals surface area contributed by atoms with Gasteiger partial charge in [-0.05, 0) is 47.2 Å². The van der Waals surface area contributed by atoms with Gasteiger partial charge >= 0.3 is 0 Å². The molecular weight excluding hydrogens is 326 g/mol. The van der Waals surface area contributed by atoms with Crippen molar-refractivity contribution in [3.8, 4) is 0 Å². The lowest BCUT2D eigenvalue weighted by molar-refractivity contribution is -0.116. The molecule has 0 aliphatic rings. The molecule has 5 heteroatoms. The van der Waals surface area contributed by atoms with E-state index in [0.717, 1.165) is 27.8 Å². The molecule has 0 atom stereocenters. The molecule has 2 amide bonds. The number of hydrogen-bond acceptors (Lipinski definition) is 3. The van der Waals surface area contributed by atoms with Crippen LogP contribution in [-0.2, 0) is 9.59 Å². The lowest BCUT2D eigenvalue weighted by Gasteiger charge is -2.10. The van der Waals surface area contributed by atoms with E-state index in [2.05, 4.69) is 16.0 Å². The zero-order chi connectivity index (χ0) is 18.4. The van der Waals surface area contributed by atoms with Crippen molar-refractivity contribution in [2.75, 3.05) is 22.5 Å². The predicted octanol–water partition coefficient (Wildman–Crippen LogP) is 4.24. The number of benzene rings is 3. The van der Waals surface area contributed by atoms with Crippen molar-refractivity contribution in [2.24, 2.45) is 0 Å². The van der Waals surface area contributed by atoms with Crippen LogP contribution in [-0.4, -0.2) is 18.4 Å². The van der Waals surface area contributed by atoms with E-state index in [9.17, 15) is 9.59 Å². The molecule has 0 heterocycles. The smallest absolute Gasteiger partial charge is 0.243 e. The molecule has 0 unspecified atom stereocenters. The van der Waals surface area contributed by atoms with Crippen LogP contribution in [0.2, 0.25) is 0 Å². The highest BCUT2D eigenvalue weighted by Crippen LogP contribution is 2.19. The van der Waals surface area contributed by atoms with Gasteiger partial charge in [-0.15, -0.1) is 0 Å². The van der Waals surface area contributed by atoms with Crippen molar-refractivity contribution >= 4 is 39.6 Å². The van der Waals surface area contributed by atoms with E-state index in [0.29, 0.717) is 6.42 Å². The Morgan fingerprint density at radius 1 is 0.731 bits per heavy atom. The molecule has 0 fully saturated rings. The van der Waals surface area contributed by atoms with E-state index in [1.165, 1.54) is 0 Å². The Hall–Kier alpha value is -3.34. The second-order valence-corrected chi connectivity index (χ2v) is 5.94. The van der Waals surface area contributed by atoms with E-state index in [-0.39, 0.29) is 18.4 Å². The van der Waals surface area contributed by atoms with Gasteiger partial charge in [0, 0.05) is 23.5 Å². The van der Waals surface area contributed by atoms with Gasteiger partial charge in [0.25, 0.3) is 0 Å². The molecular formula is C21H21N3O2. The summed E-state index contributed by atoms with van der Waals surface area (Å²) < 4.78 is 0. The summed E-state index contributed by atoms with van der Waals surface area (Å²) in [6.07, 6.45) is 0.439. The zero-order valence-electron chi connectivity index (χ0n) is 14.6. The number of amides is 2. The molecule has 132 valence electrons. The van der Waals surface area contributed by atoms with Crippen molar-refractivity contribution in [3.05, 3.63) is 66.7 Å². The Labute approximate surface area is 152 Å². The molecule has 0 aliphatic carbocycles. The highest BCUT2D eigenvalue weighted by atomic mass is 16.2. The molecule has 0 radical (unpaired) electrons. The fourth-order valence-corrected chi connectivity index (χ4v) is 2.58. The Morgan fingerprint density at radius 3 is 2.08 bits per heavy atom. The predicted molar refractivity (Wildman–Crippen MR) is 106 cm³/mol. The van der Waals surface area contributed by atoms with Crippen LogP contribution in [0.5, 0.6) is 0 Å². The molecule has 0 aliphatic heterocycles. The molecule has 0 spiro atoms. The van der Waals surface area contributed by atoms with Gasteiger partial charge in [0.2, 0.25) is 11.8 Å². The molecule has 0 saturated heterocycles. The maximum atomic E-state index is 12.1. The van der Waals surface area contributed by atoms with Gasteiger partial charge in [0.15, 0.2) is 0 Å². The first-order valence-electron chi connectivity index (χ1n) is 8.56. The largest absolute Gasteiger partial charge is 0.376 e. The number of rotatable bonds is 6. The summed E-state index contributed by atoms with van der Waals surface area (Å²) >= 11 is 0. The first-order valence-corrected chi connectivity index (χ1v) is 8.56. The zero-order valence-corrected chi connectivity index (χ0v) is 14.6. The molecule has 5 nitrogen and oxygen atoms in total. The fourth-order valence-electron chi connectivity index (χ4n) is 2.58. The van der Waals surface area contributed by atoms with Gasteiger partial charge in [-0.2, -0.15) is 0 Å². The van der Waals surface area contributed by atoms with Crippen molar-refractivity contribution in [1.29, 1.82) is 0 Å². The summed E-state index contributed by atoms with van der Waals surface area (Å²) in [5.41, 5.74) is 2.32. The van der Waals surface area contributed by atoms with Gasteiger partial charge in [-0.1, -0.05) is 37.3 Å². The van der Waals surface area contributed by atoms with E-state index >= 15 is 0 Å². The third kappa shape index (κ3) is 4.60. The van der Waals surface area contributed by atoms with Gasteiger partial charge < -0.3 is 16.0 Å². The van der Waals surface area contributed by atoms with Crippen molar-refractivity contribution in [3.63, 3.8) is 0 Å². The third-order valence-corrected chi connectivity index (χ3v) is 3.98. The minimum absolute atomic E-state index is 0.0273. The second-order valence-electron chi connectivity index (χ2n) is 5.94. The Morgan fingerprint density at radius 2 is 1.35 bits per heavy atom. The van der Waals surface area contributed by atoms with E-state index < -0.39 is 0 Å². The molecule has 26 heavy (non-hydrogen) atoms. The summed E-state index contributed by atoms with van der Waals surface area (Å²) in [5, 5.41) is 11.0. The average molecular weight is 347 g/mol. The van der Waals surface area contributed by atoms with Crippen molar-refractivity contribution in [2.45, 2.75) is 13.3 Å². The molecule has 0 aromatic heterocycles. The Balaban J connectivity index is 1.54. The molecule has 0 bridgehead atoms. The van der Waals surface area contributed by atoms with E-state index in [1.54, 1.807) is 19.1 Å². The number of carbonyl (C=O) groups is 2. The lowest BCUT2D eigenvalue weighted by atomic mass is 10.1. The van der Waals surface area contributed by atoms with Crippen LogP contribution >= 0.6 is 0 Å². The van der Waals surface area contributed by atoms with Crippen LogP contribution in [0, 0.1) is 0 Å². The standard InChI is InChI=1S/C21H21N3O2/c1-2-20(25)23-18-11-9-17(10-12-18)22-14-21(26)24-19-8-7-15-5-3-4-6-16(15)13-19/h3-13,22H,2,14H2,1H3,(H,23,25)(H,24,26). The maximum absolute atomic E-state index is 12.1. The summed E-state index contributed by atoms with van der Waals surface area (Å²) in [6, 6.07) is 21.1. The number of hydrogen-bond donors (Lipinski definition) is 3. The highest BCUT2D eigenvalue weighted by molar-refractivity contribution is 5.96. The molecule has 3 rings (SSSR count). The van der Waals surface area contributed by atoms with E-state index in [1.807, 2.05) is 54.6 Å². The Kier molecular flexibility index (Phi) is 5.49. The summed E-state index contributed by atoms with van der Waals surface area (Å²) in [4.78, 5) is 23.5. The monoisotopic (exact) mass is 347 g/mol. The molecule has 0 saturated carbocycles. The number of nitrogens with one attached hydrogen (secondary N) is 3. The van der Waals surface area contributed by atoms with Crippen LogP contribution in [0.3, 0.4) is 0 Å². The minimum Gasteiger partial charge on any atom is -0.376 e. The minimum atomic E-state index is -0.122. The number of anilines is 3. The number of carbonyl (C=O) groups excluding carboxylic acids is 2.